The molecule has 0 spiro atoms. The van der Waals surface area contributed by atoms with E-state index in [-0.39, 0.29) is 5.46 Å². The van der Waals surface area contributed by atoms with E-state index in [1.165, 1.54) is 12.1 Å². The number of hydrogen-bond donors (Lipinski definition) is 4. The molecule has 0 aliphatic rings. The number of alkyl halides is 5. The average molecular weight is 451 g/mol. The van der Waals surface area contributed by atoms with Crippen LogP contribution in [0.1, 0.15) is 17.8 Å². The number of aromatic nitrogens is 4. The van der Waals surface area contributed by atoms with E-state index in [9.17, 15) is 22.0 Å². The number of fused-ring (bicyclic) bond motifs is 1. The van der Waals surface area contributed by atoms with Gasteiger partial charge in [-0.1, -0.05) is 0 Å². The van der Waals surface area contributed by atoms with E-state index >= 15 is 0 Å². The van der Waals surface area contributed by atoms with Gasteiger partial charge in [0.2, 0.25) is 0 Å². The zero-order chi connectivity index (χ0) is 23.5. The highest BCUT2D eigenvalue weighted by atomic mass is 19.4. The summed E-state index contributed by atoms with van der Waals surface area (Å²) in [7, 11) is -1.73. The molecule has 7 nitrogen and oxygen atoms in total. The van der Waals surface area contributed by atoms with Gasteiger partial charge in [0.15, 0.2) is 0 Å². The van der Waals surface area contributed by atoms with Gasteiger partial charge in [0.25, 0.3) is 6.43 Å². The van der Waals surface area contributed by atoms with Crippen molar-refractivity contribution in [1.82, 2.24) is 20.2 Å². The van der Waals surface area contributed by atoms with Gasteiger partial charge in [-0.05, 0) is 47.9 Å². The number of hydrogen-bond acceptors (Lipinski definition) is 6. The van der Waals surface area contributed by atoms with Crippen molar-refractivity contribution in [3.05, 3.63) is 66.2 Å². The van der Waals surface area contributed by atoms with Crippen molar-refractivity contribution in [1.29, 1.82) is 0 Å². The first kappa shape index (κ1) is 23.1. The van der Waals surface area contributed by atoms with E-state index in [4.69, 9.17) is 15.8 Å². The highest BCUT2D eigenvalue weighted by molar-refractivity contribution is 6.58. The Labute approximate surface area is 177 Å². The smallest absolute Gasteiger partial charge is 0.423 e. The van der Waals surface area contributed by atoms with E-state index in [0.717, 1.165) is 24.5 Å². The Kier molecular flexibility index (Phi) is 6.70. The monoisotopic (exact) mass is 451 g/mol. The number of nitrogen functional groups attached to an aromatic ring is 1. The van der Waals surface area contributed by atoms with Crippen LogP contribution < -0.4 is 11.2 Å². The van der Waals surface area contributed by atoms with Gasteiger partial charge in [0.1, 0.15) is 17.1 Å². The fraction of sp³-hybridized carbons (Fsp3) is 0.105. The van der Waals surface area contributed by atoms with Gasteiger partial charge in [-0.2, -0.15) is 18.3 Å². The second-order valence-electron chi connectivity index (χ2n) is 6.49. The number of benzene rings is 1. The first-order valence-corrected chi connectivity index (χ1v) is 8.93. The van der Waals surface area contributed by atoms with Crippen LogP contribution in [0.25, 0.3) is 22.2 Å². The van der Waals surface area contributed by atoms with Gasteiger partial charge in [0.05, 0.1) is 5.52 Å². The van der Waals surface area contributed by atoms with Crippen molar-refractivity contribution in [2.75, 3.05) is 5.73 Å². The van der Waals surface area contributed by atoms with Crippen molar-refractivity contribution in [2.45, 2.75) is 12.6 Å². The van der Waals surface area contributed by atoms with E-state index in [0.29, 0.717) is 27.8 Å². The minimum atomic E-state index is -4.48. The van der Waals surface area contributed by atoms with Crippen LogP contribution in [0.2, 0.25) is 0 Å². The molecule has 0 aliphatic carbocycles. The van der Waals surface area contributed by atoms with E-state index in [2.05, 4.69) is 20.2 Å². The highest BCUT2D eigenvalue weighted by Crippen LogP contribution is 2.32. The summed E-state index contributed by atoms with van der Waals surface area (Å²) in [4.78, 5) is 6.68. The molecule has 32 heavy (non-hydrogen) atoms. The lowest BCUT2D eigenvalue weighted by Crippen LogP contribution is -2.30. The Balaban J connectivity index is 0.000000207. The molecule has 0 saturated heterocycles. The third kappa shape index (κ3) is 5.37. The summed E-state index contributed by atoms with van der Waals surface area (Å²) in [5.41, 5.74) is 6.28. The van der Waals surface area contributed by atoms with Crippen LogP contribution in [0.15, 0.2) is 54.9 Å². The third-order valence-corrected chi connectivity index (χ3v) is 4.24. The normalized spacial score (nSPS) is 11.4. The van der Waals surface area contributed by atoms with Gasteiger partial charge >= 0.3 is 13.3 Å². The molecule has 0 saturated carbocycles. The third-order valence-electron chi connectivity index (χ3n) is 4.24. The molecular weight excluding hydrogens is 436 g/mol. The minimum Gasteiger partial charge on any atom is -0.423 e. The molecule has 1 aromatic carbocycles. The van der Waals surface area contributed by atoms with Crippen molar-refractivity contribution >= 4 is 29.2 Å². The van der Waals surface area contributed by atoms with Crippen LogP contribution in [0.4, 0.5) is 27.6 Å². The SMILES string of the molecule is Nc1ccc2[nH]nc(-c3ccnc(C(F)(F)F)c3)c2c1.OB(O)c1ccnc(C(F)F)c1. The molecule has 166 valence electrons. The summed E-state index contributed by atoms with van der Waals surface area (Å²) >= 11 is 0. The molecular formula is C19H15BF5N5O2. The summed E-state index contributed by atoms with van der Waals surface area (Å²) in [6, 6.07) is 9.76. The number of nitrogens with one attached hydrogen (secondary N) is 1. The van der Waals surface area contributed by atoms with Crippen LogP contribution in [0.5, 0.6) is 0 Å². The predicted octanol–water partition coefficient (Wildman–Crippen LogP) is 2.92. The summed E-state index contributed by atoms with van der Waals surface area (Å²) in [6.07, 6.45) is -4.95. The molecule has 0 amide bonds. The Morgan fingerprint density at radius 1 is 0.969 bits per heavy atom. The van der Waals surface area contributed by atoms with Crippen LogP contribution in [0.3, 0.4) is 0 Å². The number of halogens is 5. The van der Waals surface area contributed by atoms with Gasteiger partial charge in [-0.15, -0.1) is 0 Å². The van der Waals surface area contributed by atoms with Crippen LogP contribution in [-0.4, -0.2) is 37.3 Å². The second kappa shape index (κ2) is 9.28. The highest BCUT2D eigenvalue weighted by Gasteiger charge is 2.32. The first-order valence-electron chi connectivity index (χ1n) is 8.93. The maximum absolute atomic E-state index is 12.7. The standard InChI is InChI=1S/C13H9F3N4.C6H6BF2NO2/c14-13(15,16)11-5-7(3-4-18-11)12-9-6-8(17)1-2-10(9)19-20-12;8-6(9)5-3-4(7(11)12)1-2-10-5/h1-6H,17H2,(H,19,20);1-3,6,11-12H. The second-order valence-corrected chi connectivity index (χ2v) is 6.49. The average Bonchev–Trinajstić information content (AvgIpc) is 3.17. The zero-order valence-corrected chi connectivity index (χ0v) is 16.1. The van der Waals surface area contributed by atoms with Crippen molar-refractivity contribution in [2.24, 2.45) is 0 Å². The first-order chi connectivity index (χ1) is 15.1. The summed E-state index contributed by atoms with van der Waals surface area (Å²) in [5.74, 6) is 0. The van der Waals surface area contributed by atoms with Crippen molar-refractivity contribution < 1.29 is 32.0 Å². The molecule has 0 bridgehead atoms. The molecule has 4 rings (SSSR count). The molecule has 0 unspecified atom stereocenters. The molecule has 3 aromatic heterocycles. The molecule has 0 atom stereocenters. The fourth-order valence-electron chi connectivity index (χ4n) is 2.73. The van der Waals surface area contributed by atoms with Crippen LogP contribution in [-0.2, 0) is 6.18 Å². The topological polar surface area (TPSA) is 121 Å². The van der Waals surface area contributed by atoms with Gasteiger partial charge in [-0.25, -0.2) is 8.78 Å². The van der Waals surface area contributed by atoms with Crippen LogP contribution in [0, 0.1) is 0 Å². The van der Waals surface area contributed by atoms with E-state index < -0.39 is 31.1 Å². The summed E-state index contributed by atoms with van der Waals surface area (Å²) in [5, 5.41) is 24.7. The minimum absolute atomic E-state index is 0.0142. The number of anilines is 1. The zero-order valence-electron chi connectivity index (χ0n) is 16.1. The quantitative estimate of drug-likeness (QED) is 0.216. The Morgan fingerprint density at radius 2 is 1.69 bits per heavy atom. The maximum atomic E-state index is 12.7. The molecule has 5 N–H and O–H groups in total. The predicted molar refractivity (Wildman–Crippen MR) is 108 cm³/mol. The Bertz CT molecular complexity index is 1190. The fourth-order valence-corrected chi connectivity index (χ4v) is 2.73. The number of rotatable bonds is 3. The summed E-state index contributed by atoms with van der Waals surface area (Å²) in [6.45, 7) is 0. The van der Waals surface area contributed by atoms with Crippen LogP contribution >= 0.6 is 0 Å². The van der Waals surface area contributed by atoms with E-state index in [1.807, 2.05) is 0 Å². The van der Waals surface area contributed by atoms with E-state index in [1.54, 1.807) is 18.2 Å². The largest absolute Gasteiger partial charge is 0.488 e. The maximum Gasteiger partial charge on any atom is 0.488 e. The van der Waals surface area contributed by atoms with Crippen molar-refractivity contribution in [3.8, 4) is 11.3 Å². The molecule has 0 fully saturated rings. The lowest BCUT2D eigenvalue weighted by molar-refractivity contribution is -0.141. The lowest BCUT2D eigenvalue weighted by Gasteiger charge is -2.06. The van der Waals surface area contributed by atoms with Gasteiger partial charge in [0, 0.05) is 29.0 Å². The number of nitrogens with zero attached hydrogens (tertiary/aromatic N) is 3. The molecule has 0 radical (unpaired) electrons. The Hall–Kier alpha value is -3.58. The van der Waals surface area contributed by atoms with Gasteiger partial charge < -0.3 is 15.8 Å². The molecule has 4 aromatic rings. The molecule has 3 heterocycles. The Morgan fingerprint density at radius 3 is 2.34 bits per heavy atom. The number of pyridine rings is 2. The lowest BCUT2D eigenvalue weighted by atomic mass is 9.81. The number of nitrogens with two attached hydrogens (primary N) is 1. The van der Waals surface area contributed by atoms with Crippen molar-refractivity contribution in [3.63, 3.8) is 0 Å². The van der Waals surface area contributed by atoms with Gasteiger partial charge in [-0.3, -0.25) is 15.1 Å². The number of H-pyrrole nitrogens is 1. The summed E-state index contributed by atoms with van der Waals surface area (Å²) < 4.78 is 62.0. The molecule has 13 heteroatoms. The number of aromatic amines is 1. The molecule has 0 aliphatic heterocycles.